The van der Waals surface area contributed by atoms with Crippen LogP contribution < -0.4 is 10.2 Å². The van der Waals surface area contributed by atoms with Crippen LogP contribution >= 0.6 is 0 Å². The van der Waals surface area contributed by atoms with Gasteiger partial charge in [-0.2, -0.15) is 0 Å². The van der Waals surface area contributed by atoms with Crippen molar-refractivity contribution in [2.24, 2.45) is 0 Å². The summed E-state index contributed by atoms with van der Waals surface area (Å²) in [5, 5.41) is 3.23. The molecular weight excluding hydrogens is 212 g/mol. The summed E-state index contributed by atoms with van der Waals surface area (Å²) < 4.78 is 0. The predicted octanol–water partition coefficient (Wildman–Crippen LogP) is 2.00. The molecule has 17 heavy (non-hydrogen) atoms. The van der Waals surface area contributed by atoms with Gasteiger partial charge < -0.3 is 15.2 Å². The molecule has 2 N–H and O–H groups in total. The van der Waals surface area contributed by atoms with Gasteiger partial charge in [-0.25, -0.2) is 4.98 Å². The SMILES string of the molecule is CNCC(C)(C)N(C)c1ccc2nc[nH]c2c1. The average molecular weight is 232 g/mol. The lowest BCUT2D eigenvalue weighted by atomic mass is 10.0. The number of H-pyrrole nitrogens is 1. The van der Waals surface area contributed by atoms with Crippen molar-refractivity contribution in [3.8, 4) is 0 Å². The maximum atomic E-state index is 4.23. The number of hydrogen-bond donors (Lipinski definition) is 2. The van der Waals surface area contributed by atoms with Gasteiger partial charge in [0.2, 0.25) is 0 Å². The summed E-state index contributed by atoms with van der Waals surface area (Å²) in [4.78, 5) is 9.66. The van der Waals surface area contributed by atoms with E-state index in [4.69, 9.17) is 0 Å². The molecular formula is C13H20N4. The van der Waals surface area contributed by atoms with Crippen LogP contribution in [0, 0.1) is 0 Å². The molecule has 0 saturated heterocycles. The molecule has 2 aromatic rings. The number of fused-ring (bicyclic) bond motifs is 1. The Morgan fingerprint density at radius 2 is 2.18 bits per heavy atom. The molecule has 0 atom stereocenters. The Morgan fingerprint density at radius 1 is 1.41 bits per heavy atom. The summed E-state index contributed by atoms with van der Waals surface area (Å²) in [6.45, 7) is 5.38. The quantitative estimate of drug-likeness (QED) is 0.847. The van der Waals surface area contributed by atoms with Crippen LogP contribution in [0.15, 0.2) is 24.5 Å². The fourth-order valence-corrected chi connectivity index (χ4v) is 2.03. The summed E-state index contributed by atoms with van der Waals surface area (Å²) in [6.07, 6.45) is 1.73. The van der Waals surface area contributed by atoms with Crippen LogP contribution in [0.5, 0.6) is 0 Å². The summed E-state index contributed by atoms with van der Waals surface area (Å²) in [6, 6.07) is 6.30. The second-order valence-electron chi connectivity index (χ2n) is 5.01. The molecule has 0 bridgehead atoms. The van der Waals surface area contributed by atoms with Gasteiger partial charge in [0.05, 0.1) is 17.4 Å². The van der Waals surface area contributed by atoms with Crippen LogP contribution in [0.4, 0.5) is 5.69 Å². The van der Waals surface area contributed by atoms with Crippen molar-refractivity contribution < 1.29 is 0 Å². The summed E-state index contributed by atoms with van der Waals surface area (Å²) >= 11 is 0. The maximum Gasteiger partial charge on any atom is 0.0931 e. The fourth-order valence-electron chi connectivity index (χ4n) is 2.03. The monoisotopic (exact) mass is 232 g/mol. The van der Waals surface area contributed by atoms with E-state index >= 15 is 0 Å². The van der Waals surface area contributed by atoms with Crippen LogP contribution in [-0.2, 0) is 0 Å². The third-order valence-corrected chi connectivity index (χ3v) is 3.31. The van der Waals surface area contributed by atoms with Crippen molar-refractivity contribution in [1.29, 1.82) is 0 Å². The molecule has 92 valence electrons. The number of nitrogens with one attached hydrogen (secondary N) is 2. The minimum Gasteiger partial charge on any atom is -0.368 e. The largest absolute Gasteiger partial charge is 0.368 e. The number of aromatic amines is 1. The van der Waals surface area contributed by atoms with Crippen LogP contribution in [0.1, 0.15) is 13.8 Å². The van der Waals surface area contributed by atoms with Gasteiger partial charge >= 0.3 is 0 Å². The molecule has 0 aliphatic rings. The van der Waals surface area contributed by atoms with Crippen LogP contribution in [0.3, 0.4) is 0 Å². The van der Waals surface area contributed by atoms with E-state index in [-0.39, 0.29) is 5.54 Å². The average Bonchev–Trinajstić information content (AvgIpc) is 2.74. The lowest BCUT2D eigenvalue weighted by Gasteiger charge is -2.37. The summed E-state index contributed by atoms with van der Waals surface area (Å²) in [7, 11) is 4.10. The zero-order valence-corrected chi connectivity index (χ0v) is 10.9. The van der Waals surface area contributed by atoms with Crippen LogP contribution in [0.25, 0.3) is 11.0 Å². The van der Waals surface area contributed by atoms with E-state index in [1.807, 2.05) is 13.1 Å². The van der Waals surface area contributed by atoms with Gasteiger partial charge in [0.25, 0.3) is 0 Å². The second kappa shape index (κ2) is 4.37. The molecule has 0 aliphatic carbocycles. The minimum atomic E-state index is 0.0719. The van der Waals surface area contributed by atoms with Gasteiger partial charge in [0.1, 0.15) is 0 Å². The van der Waals surface area contributed by atoms with Crippen molar-refractivity contribution >= 4 is 16.7 Å². The predicted molar refractivity (Wildman–Crippen MR) is 72.5 cm³/mol. The standard InChI is InChI=1S/C13H20N4/c1-13(2,8-14-3)17(4)10-5-6-11-12(7-10)16-9-15-11/h5-7,9,14H,8H2,1-4H3,(H,15,16). The first-order valence-corrected chi connectivity index (χ1v) is 5.86. The van der Waals surface area contributed by atoms with E-state index in [9.17, 15) is 0 Å². The molecule has 4 nitrogen and oxygen atoms in total. The number of likely N-dealkylation sites (N-methyl/N-ethyl adjacent to an activating group) is 2. The Kier molecular flexibility index (Phi) is 3.07. The first-order chi connectivity index (χ1) is 8.04. The molecule has 0 fully saturated rings. The Labute approximate surface area is 102 Å². The van der Waals surface area contributed by atoms with Crippen molar-refractivity contribution in [3.63, 3.8) is 0 Å². The number of aromatic nitrogens is 2. The Hall–Kier alpha value is -1.55. The molecule has 0 aliphatic heterocycles. The summed E-state index contributed by atoms with van der Waals surface area (Å²) in [5.74, 6) is 0. The topological polar surface area (TPSA) is 44.0 Å². The maximum absolute atomic E-state index is 4.23. The van der Waals surface area contributed by atoms with E-state index in [0.717, 1.165) is 17.6 Å². The second-order valence-corrected chi connectivity index (χ2v) is 5.01. The van der Waals surface area contributed by atoms with Gasteiger partial charge in [-0.15, -0.1) is 0 Å². The highest BCUT2D eigenvalue weighted by atomic mass is 15.2. The molecule has 4 heteroatoms. The lowest BCUT2D eigenvalue weighted by Crippen LogP contribution is -2.48. The first-order valence-electron chi connectivity index (χ1n) is 5.86. The van der Waals surface area contributed by atoms with E-state index < -0.39 is 0 Å². The van der Waals surface area contributed by atoms with E-state index in [2.05, 4.69) is 53.2 Å². The number of hydrogen-bond acceptors (Lipinski definition) is 3. The van der Waals surface area contributed by atoms with Crippen molar-refractivity contribution in [3.05, 3.63) is 24.5 Å². The highest BCUT2D eigenvalue weighted by Gasteiger charge is 2.23. The van der Waals surface area contributed by atoms with Gasteiger partial charge in [-0.3, -0.25) is 0 Å². The number of imidazole rings is 1. The number of benzene rings is 1. The molecule has 0 unspecified atom stereocenters. The highest BCUT2D eigenvalue weighted by molar-refractivity contribution is 5.79. The number of anilines is 1. The van der Waals surface area contributed by atoms with E-state index in [1.165, 1.54) is 5.69 Å². The molecule has 0 amide bonds. The number of rotatable bonds is 4. The van der Waals surface area contributed by atoms with Gasteiger partial charge in [-0.05, 0) is 39.1 Å². The normalized spacial score (nSPS) is 12.0. The fraction of sp³-hybridized carbons (Fsp3) is 0.462. The first kappa shape index (κ1) is 11.9. The van der Waals surface area contributed by atoms with Crippen LogP contribution in [0.2, 0.25) is 0 Å². The summed E-state index contributed by atoms with van der Waals surface area (Å²) in [5.41, 5.74) is 3.35. The zero-order chi connectivity index (χ0) is 12.5. The Bertz CT molecular complexity index is 501. The number of nitrogens with zero attached hydrogens (tertiary/aromatic N) is 2. The van der Waals surface area contributed by atoms with Crippen molar-refractivity contribution in [2.75, 3.05) is 25.5 Å². The van der Waals surface area contributed by atoms with Gasteiger partial charge in [-0.1, -0.05) is 0 Å². The molecule has 1 aromatic heterocycles. The molecule has 2 rings (SSSR count). The van der Waals surface area contributed by atoms with Crippen molar-refractivity contribution in [2.45, 2.75) is 19.4 Å². The highest BCUT2D eigenvalue weighted by Crippen LogP contribution is 2.24. The molecule has 1 heterocycles. The molecule has 1 aromatic carbocycles. The van der Waals surface area contributed by atoms with Crippen LogP contribution in [-0.4, -0.2) is 36.1 Å². The molecule has 0 spiro atoms. The van der Waals surface area contributed by atoms with E-state index in [0.29, 0.717) is 0 Å². The smallest absolute Gasteiger partial charge is 0.0931 e. The van der Waals surface area contributed by atoms with E-state index in [1.54, 1.807) is 6.33 Å². The molecule has 0 saturated carbocycles. The van der Waals surface area contributed by atoms with Gasteiger partial charge in [0, 0.05) is 24.8 Å². The minimum absolute atomic E-state index is 0.0719. The lowest BCUT2D eigenvalue weighted by molar-refractivity contribution is 0.463. The van der Waals surface area contributed by atoms with Crippen molar-refractivity contribution in [1.82, 2.24) is 15.3 Å². The molecule has 0 radical (unpaired) electrons. The third kappa shape index (κ3) is 2.26. The van der Waals surface area contributed by atoms with Gasteiger partial charge in [0.15, 0.2) is 0 Å². The third-order valence-electron chi connectivity index (χ3n) is 3.31. The Morgan fingerprint density at radius 3 is 2.88 bits per heavy atom. The Balaban J connectivity index is 2.32. The zero-order valence-electron chi connectivity index (χ0n) is 10.9.